The number of benzene rings is 1. The fraction of sp³-hybridized carbons (Fsp3) is 0.435. The van der Waals surface area contributed by atoms with Crippen molar-refractivity contribution in [2.24, 2.45) is 11.8 Å². The molecular formula is C23H27N3O3. The first kappa shape index (κ1) is 19.6. The molecule has 1 aromatic heterocycles. The number of likely N-dealkylation sites (tertiary alicyclic amines) is 2. The van der Waals surface area contributed by atoms with Gasteiger partial charge in [0.1, 0.15) is 5.69 Å². The summed E-state index contributed by atoms with van der Waals surface area (Å²) in [7, 11) is 1.37. The molecule has 0 unspecified atom stereocenters. The Morgan fingerprint density at radius 1 is 1.10 bits per heavy atom. The Kier molecular flexibility index (Phi) is 5.37. The maximum atomic E-state index is 12.3. The number of hydrogen-bond donors (Lipinski definition) is 0. The highest BCUT2D eigenvalue weighted by Gasteiger charge is 2.48. The smallest absolute Gasteiger partial charge is 0.356 e. The van der Waals surface area contributed by atoms with Crippen molar-refractivity contribution in [1.82, 2.24) is 14.8 Å². The third-order valence-corrected chi connectivity index (χ3v) is 6.24. The lowest BCUT2D eigenvalue weighted by atomic mass is 9.87. The number of amides is 1. The maximum Gasteiger partial charge on any atom is 0.356 e. The molecule has 6 heteroatoms. The van der Waals surface area contributed by atoms with Crippen LogP contribution in [0.1, 0.15) is 40.3 Å². The highest BCUT2D eigenvalue weighted by molar-refractivity contribution is 5.87. The van der Waals surface area contributed by atoms with Crippen LogP contribution in [0.5, 0.6) is 0 Å². The molecule has 152 valence electrons. The number of rotatable bonds is 4. The zero-order valence-corrected chi connectivity index (χ0v) is 17.2. The molecule has 0 bridgehead atoms. The predicted octanol–water partition coefficient (Wildman–Crippen LogP) is 2.83. The van der Waals surface area contributed by atoms with Crippen LogP contribution in [-0.4, -0.2) is 53.4 Å². The van der Waals surface area contributed by atoms with E-state index < -0.39 is 5.97 Å². The zero-order valence-electron chi connectivity index (χ0n) is 17.2. The number of fused-ring (bicyclic) bond motifs is 1. The Hall–Kier alpha value is -2.73. The summed E-state index contributed by atoms with van der Waals surface area (Å²) in [5.41, 5.74) is 3.69. The fourth-order valence-corrected chi connectivity index (χ4v) is 4.92. The quantitative estimate of drug-likeness (QED) is 0.748. The summed E-state index contributed by atoms with van der Waals surface area (Å²) < 4.78 is 4.78. The largest absolute Gasteiger partial charge is 0.464 e. The first-order chi connectivity index (χ1) is 14.0. The third-order valence-electron chi connectivity index (χ3n) is 6.24. The van der Waals surface area contributed by atoms with Crippen molar-refractivity contribution in [2.45, 2.75) is 26.4 Å². The van der Waals surface area contributed by atoms with Gasteiger partial charge in [-0.25, -0.2) is 9.78 Å². The lowest BCUT2D eigenvalue weighted by Crippen LogP contribution is -2.34. The molecule has 3 heterocycles. The van der Waals surface area contributed by atoms with E-state index in [0.717, 1.165) is 25.3 Å². The molecule has 0 saturated carbocycles. The molecule has 6 nitrogen and oxygen atoms in total. The van der Waals surface area contributed by atoms with Gasteiger partial charge in [0, 0.05) is 39.0 Å². The zero-order chi connectivity index (χ0) is 20.5. The summed E-state index contributed by atoms with van der Waals surface area (Å²) >= 11 is 0. The Bertz CT molecular complexity index is 929. The summed E-state index contributed by atoms with van der Waals surface area (Å²) in [6, 6.07) is 14.0. The average Bonchev–Trinajstić information content (AvgIpc) is 3.25. The van der Waals surface area contributed by atoms with Gasteiger partial charge in [0.15, 0.2) is 0 Å². The molecule has 2 aliphatic heterocycles. The van der Waals surface area contributed by atoms with Gasteiger partial charge in [-0.1, -0.05) is 30.3 Å². The van der Waals surface area contributed by atoms with Crippen molar-refractivity contribution < 1.29 is 14.3 Å². The van der Waals surface area contributed by atoms with Gasteiger partial charge in [0.2, 0.25) is 5.91 Å². The number of pyridine rings is 1. The predicted molar refractivity (Wildman–Crippen MR) is 109 cm³/mol. The second-order valence-corrected chi connectivity index (χ2v) is 8.10. The van der Waals surface area contributed by atoms with E-state index in [1.165, 1.54) is 18.2 Å². The highest BCUT2D eigenvalue weighted by atomic mass is 16.5. The van der Waals surface area contributed by atoms with E-state index in [1.807, 2.05) is 23.1 Å². The number of hydrogen-bond acceptors (Lipinski definition) is 5. The first-order valence-electron chi connectivity index (χ1n) is 10.1. The number of carbonyl (C=O) groups is 2. The second-order valence-electron chi connectivity index (χ2n) is 8.10. The number of methoxy groups -OCH3 is 1. The van der Waals surface area contributed by atoms with Gasteiger partial charge in [-0.2, -0.15) is 0 Å². The first-order valence-corrected chi connectivity index (χ1v) is 10.1. The van der Waals surface area contributed by atoms with Crippen molar-refractivity contribution in [1.29, 1.82) is 0 Å². The van der Waals surface area contributed by atoms with Crippen LogP contribution < -0.4 is 0 Å². The van der Waals surface area contributed by atoms with Crippen molar-refractivity contribution in [3.8, 4) is 0 Å². The third kappa shape index (κ3) is 3.77. The van der Waals surface area contributed by atoms with Crippen LogP contribution in [0.25, 0.3) is 0 Å². The van der Waals surface area contributed by atoms with Gasteiger partial charge in [-0.15, -0.1) is 0 Å². The van der Waals surface area contributed by atoms with Gasteiger partial charge in [-0.05, 0) is 36.1 Å². The van der Waals surface area contributed by atoms with Gasteiger partial charge < -0.3 is 9.64 Å². The second kappa shape index (κ2) is 7.95. The molecule has 2 aromatic rings. The van der Waals surface area contributed by atoms with Gasteiger partial charge in [0.25, 0.3) is 0 Å². The standard InChI is InChI=1S/C23H27N3O3/c1-15-7-4-5-9-19(15)22-20-14-25(11-17(20)12-26(22)16(2)27)13-18-8-6-10-21(24-18)23(28)29-3/h4-10,17,20,22H,11-14H2,1-3H3/t17-,20-,22+/m1/s1. The molecule has 29 heavy (non-hydrogen) atoms. The number of ether oxygens (including phenoxy) is 1. The Balaban J connectivity index is 1.53. The van der Waals surface area contributed by atoms with Gasteiger partial charge in [-0.3, -0.25) is 9.69 Å². The highest BCUT2D eigenvalue weighted by Crippen LogP contribution is 2.45. The molecular weight excluding hydrogens is 366 g/mol. The number of nitrogens with zero attached hydrogens (tertiary/aromatic N) is 3. The van der Waals surface area contributed by atoms with Crippen LogP contribution in [0, 0.1) is 18.8 Å². The minimum atomic E-state index is -0.415. The van der Waals surface area contributed by atoms with E-state index in [2.05, 4.69) is 35.0 Å². The number of esters is 1. The van der Waals surface area contributed by atoms with Gasteiger partial charge in [0.05, 0.1) is 18.8 Å². The Labute approximate surface area is 171 Å². The normalized spacial score (nSPS) is 23.8. The molecule has 0 N–H and O–H groups in total. The summed E-state index contributed by atoms with van der Waals surface area (Å²) in [6.45, 7) is 7.13. The van der Waals surface area contributed by atoms with E-state index >= 15 is 0 Å². The minimum Gasteiger partial charge on any atom is -0.464 e. The topological polar surface area (TPSA) is 62.7 Å². The van der Waals surface area contributed by atoms with Crippen LogP contribution in [0.2, 0.25) is 0 Å². The van der Waals surface area contributed by atoms with E-state index in [9.17, 15) is 9.59 Å². The SMILES string of the molecule is COC(=O)c1cccc(CN2C[C@@H]3CN(C(C)=O)[C@@H](c4ccccc4C)[C@@H]3C2)n1. The summed E-state index contributed by atoms with van der Waals surface area (Å²) in [6.07, 6.45) is 0. The van der Waals surface area contributed by atoms with Crippen molar-refractivity contribution in [3.05, 3.63) is 65.0 Å². The number of aryl methyl sites for hydroxylation is 1. The molecule has 4 rings (SSSR count). The molecule has 0 spiro atoms. The molecule has 0 radical (unpaired) electrons. The maximum absolute atomic E-state index is 12.3. The average molecular weight is 393 g/mol. The monoisotopic (exact) mass is 393 g/mol. The molecule has 2 saturated heterocycles. The molecule has 1 aromatic carbocycles. The number of carbonyl (C=O) groups excluding carboxylic acids is 2. The van der Waals surface area contributed by atoms with E-state index in [1.54, 1.807) is 13.0 Å². The van der Waals surface area contributed by atoms with E-state index in [-0.39, 0.29) is 11.9 Å². The summed E-state index contributed by atoms with van der Waals surface area (Å²) in [4.78, 5) is 33.0. The van der Waals surface area contributed by atoms with Crippen LogP contribution in [0.4, 0.5) is 0 Å². The summed E-state index contributed by atoms with van der Waals surface area (Å²) in [5, 5.41) is 0. The van der Waals surface area contributed by atoms with Gasteiger partial charge >= 0.3 is 5.97 Å². The fourth-order valence-electron chi connectivity index (χ4n) is 4.92. The lowest BCUT2D eigenvalue weighted by molar-refractivity contribution is -0.130. The molecule has 2 aliphatic rings. The molecule has 2 fully saturated rings. The van der Waals surface area contributed by atoms with Crippen molar-refractivity contribution >= 4 is 11.9 Å². The van der Waals surface area contributed by atoms with E-state index in [4.69, 9.17) is 4.74 Å². The van der Waals surface area contributed by atoms with Crippen LogP contribution in [-0.2, 0) is 16.1 Å². The summed E-state index contributed by atoms with van der Waals surface area (Å²) in [5.74, 6) is 0.588. The van der Waals surface area contributed by atoms with E-state index in [0.29, 0.717) is 24.1 Å². The Morgan fingerprint density at radius 3 is 2.62 bits per heavy atom. The van der Waals surface area contributed by atoms with Crippen LogP contribution in [0.15, 0.2) is 42.5 Å². The van der Waals surface area contributed by atoms with Crippen LogP contribution in [0.3, 0.4) is 0 Å². The molecule has 3 atom stereocenters. The molecule has 0 aliphatic carbocycles. The Morgan fingerprint density at radius 2 is 1.90 bits per heavy atom. The van der Waals surface area contributed by atoms with Crippen molar-refractivity contribution in [3.63, 3.8) is 0 Å². The minimum absolute atomic E-state index is 0.123. The lowest BCUT2D eigenvalue weighted by Gasteiger charge is -2.30. The van der Waals surface area contributed by atoms with Crippen molar-refractivity contribution in [2.75, 3.05) is 26.7 Å². The molecule has 1 amide bonds. The number of aromatic nitrogens is 1. The van der Waals surface area contributed by atoms with Crippen LogP contribution >= 0.6 is 0 Å².